The molecule has 0 aliphatic heterocycles. The maximum Gasteiger partial charge on any atom is 0.319 e. The summed E-state index contributed by atoms with van der Waals surface area (Å²) in [7, 11) is -3.46. The van der Waals surface area contributed by atoms with Gasteiger partial charge < -0.3 is 16.0 Å². The fraction of sp³-hybridized carbons (Fsp3) is 0.429. The van der Waals surface area contributed by atoms with Gasteiger partial charge in [-0.1, -0.05) is 19.1 Å². The first-order chi connectivity index (χ1) is 10.3. The van der Waals surface area contributed by atoms with E-state index in [4.69, 9.17) is 0 Å². The normalized spacial score (nSPS) is 12.3. The Morgan fingerprint density at radius 2 is 1.86 bits per heavy atom. The van der Waals surface area contributed by atoms with Crippen LogP contribution in [0, 0.1) is 0 Å². The average molecular weight is 327 g/mol. The number of hydrogen-bond acceptors (Lipinski definition) is 4. The van der Waals surface area contributed by atoms with Crippen LogP contribution in [0.15, 0.2) is 29.2 Å². The maximum atomic E-state index is 11.9. The average Bonchev–Trinajstić information content (AvgIpc) is 2.43. The predicted molar refractivity (Wildman–Crippen MR) is 84.5 cm³/mol. The van der Waals surface area contributed by atoms with Crippen molar-refractivity contribution in [2.45, 2.75) is 31.2 Å². The Bertz CT molecular complexity index is 643. The Morgan fingerprint density at radius 1 is 1.23 bits per heavy atom. The van der Waals surface area contributed by atoms with Crippen molar-refractivity contribution in [1.82, 2.24) is 10.6 Å². The lowest BCUT2D eigenvalue weighted by Gasteiger charge is -2.15. The molecule has 0 aromatic heterocycles. The number of urea groups is 1. The largest absolute Gasteiger partial charge is 0.354 e. The van der Waals surface area contributed by atoms with Crippen molar-refractivity contribution in [1.29, 1.82) is 0 Å². The summed E-state index contributed by atoms with van der Waals surface area (Å²) < 4.78 is 23.3. The van der Waals surface area contributed by atoms with Crippen LogP contribution in [0.5, 0.6) is 0 Å². The van der Waals surface area contributed by atoms with Crippen molar-refractivity contribution in [3.63, 3.8) is 0 Å². The molecule has 3 amide bonds. The first kappa shape index (κ1) is 18.0. The fourth-order valence-electron chi connectivity index (χ4n) is 1.72. The Morgan fingerprint density at radius 3 is 2.45 bits per heavy atom. The van der Waals surface area contributed by atoms with Gasteiger partial charge in [-0.3, -0.25) is 4.79 Å². The lowest BCUT2D eigenvalue weighted by molar-refractivity contribution is -0.122. The highest BCUT2D eigenvalue weighted by atomic mass is 32.2. The van der Waals surface area contributed by atoms with Crippen molar-refractivity contribution in [2.24, 2.45) is 0 Å². The number of carbonyl (C=O) groups is 2. The highest BCUT2D eigenvalue weighted by Gasteiger charge is 2.17. The lowest BCUT2D eigenvalue weighted by atomic mass is 10.3. The van der Waals surface area contributed by atoms with E-state index < -0.39 is 21.9 Å². The van der Waals surface area contributed by atoms with Gasteiger partial charge in [-0.25, -0.2) is 13.2 Å². The van der Waals surface area contributed by atoms with E-state index in [9.17, 15) is 18.0 Å². The summed E-state index contributed by atoms with van der Waals surface area (Å²) in [6.07, 6.45) is 1.86. The number of sulfone groups is 1. The van der Waals surface area contributed by atoms with Gasteiger partial charge in [0.05, 0.1) is 10.6 Å². The minimum absolute atomic E-state index is 0.0215. The van der Waals surface area contributed by atoms with E-state index in [-0.39, 0.29) is 16.5 Å². The Kier molecular flexibility index (Phi) is 6.36. The molecule has 0 bridgehead atoms. The molecule has 0 aliphatic rings. The first-order valence-electron chi connectivity index (χ1n) is 6.90. The zero-order valence-corrected chi connectivity index (χ0v) is 13.7. The van der Waals surface area contributed by atoms with Crippen molar-refractivity contribution in [2.75, 3.05) is 18.1 Å². The van der Waals surface area contributed by atoms with Gasteiger partial charge in [0.1, 0.15) is 6.04 Å². The van der Waals surface area contributed by atoms with Crippen LogP contribution in [0.4, 0.5) is 10.5 Å². The van der Waals surface area contributed by atoms with E-state index in [1.54, 1.807) is 19.1 Å². The van der Waals surface area contributed by atoms with E-state index in [1.807, 2.05) is 6.92 Å². The molecule has 0 radical (unpaired) electrons. The number of nitrogens with one attached hydrogen (secondary N) is 3. The molecule has 0 heterocycles. The molecule has 1 rings (SSSR count). The highest BCUT2D eigenvalue weighted by molar-refractivity contribution is 7.90. The summed E-state index contributed by atoms with van der Waals surface area (Å²) in [4.78, 5) is 23.6. The molecule has 0 unspecified atom stereocenters. The molecule has 0 saturated heterocycles. The van der Waals surface area contributed by atoms with Gasteiger partial charge in [0, 0.05) is 12.8 Å². The summed E-state index contributed by atoms with van der Waals surface area (Å²) >= 11 is 0. The third kappa shape index (κ3) is 5.36. The van der Waals surface area contributed by atoms with E-state index in [0.717, 1.165) is 12.7 Å². The molecule has 8 heteroatoms. The molecule has 1 aromatic rings. The standard InChI is InChI=1S/C14H21N3O4S/c1-4-9-15-13(18)10(2)16-14(19)17-11-7-5-6-8-12(11)22(3,20)21/h5-8,10H,4,9H2,1-3H3,(H,15,18)(H2,16,17,19)/t10-/m0/s1. The van der Waals surface area contributed by atoms with Gasteiger partial charge in [-0.05, 0) is 25.5 Å². The molecule has 122 valence electrons. The van der Waals surface area contributed by atoms with E-state index in [0.29, 0.717) is 6.54 Å². The van der Waals surface area contributed by atoms with Gasteiger partial charge in [0.2, 0.25) is 5.91 Å². The number of rotatable bonds is 6. The minimum Gasteiger partial charge on any atom is -0.354 e. The van der Waals surface area contributed by atoms with Gasteiger partial charge in [0.15, 0.2) is 9.84 Å². The number of amides is 3. The quantitative estimate of drug-likeness (QED) is 0.728. The van der Waals surface area contributed by atoms with E-state index in [2.05, 4.69) is 16.0 Å². The number of anilines is 1. The predicted octanol–water partition coefficient (Wildman–Crippen LogP) is 1.13. The molecule has 3 N–H and O–H groups in total. The summed E-state index contributed by atoms with van der Waals surface area (Å²) in [5.74, 6) is -0.298. The van der Waals surface area contributed by atoms with Crippen LogP contribution in [0.2, 0.25) is 0 Å². The van der Waals surface area contributed by atoms with Crippen LogP contribution in [0.3, 0.4) is 0 Å². The number of hydrogen-bond donors (Lipinski definition) is 3. The number of para-hydroxylation sites is 1. The van der Waals surface area contributed by atoms with Gasteiger partial charge in [-0.15, -0.1) is 0 Å². The van der Waals surface area contributed by atoms with Crippen LogP contribution in [-0.2, 0) is 14.6 Å². The summed E-state index contributed by atoms with van der Waals surface area (Å²) in [5.41, 5.74) is 0.170. The lowest BCUT2D eigenvalue weighted by Crippen LogP contribution is -2.46. The van der Waals surface area contributed by atoms with E-state index in [1.165, 1.54) is 12.1 Å². The summed E-state index contributed by atoms with van der Waals surface area (Å²) in [6.45, 7) is 4.00. The molecule has 0 saturated carbocycles. The molecular formula is C14H21N3O4S. The topological polar surface area (TPSA) is 104 Å². The van der Waals surface area contributed by atoms with Gasteiger partial charge in [-0.2, -0.15) is 0 Å². The van der Waals surface area contributed by atoms with E-state index >= 15 is 0 Å². The summed E-state index contributed by atoms with van der Waals surface area (Å²) in [5, 5.41) is 7.57. The minimum atomic E-state index is -3.46. The maximum absolute atomic E-state index is 11.9. The van der Waals surface area contributed by atoms with Crippen LogP contribution in [0.1, 0.15) is 20.3 Å². The van der Waals surface area contributed by atoms with Crippen molar-refractivity contribution in [3.05, 3.63) is 24.3 Å². The van der Waals surface area contributed by atoms with Crippen molar-refractivity contribution >= 4 is 27.5 Å². The molecule has 0 aliphatic carbocycles. The smallest absolute Gasteiger partial charge is 0.319 e. The molecule has 1 aromatic carbocycles. The molecule has 0 fully saturated rings. The molecular weight excluding hydrogens is 306 g/mol. The first-order valence-corrected chi connectivity index (χ1v) is 8.79. The Balaban J connectivity index is 2.72. The van der Waals surface area contributed by atoms with Gasteiger partial charge in [0.25, 0.3) is 0 Å². The second kappa shape index (κ2) is 7.79. The third-order valence-corrected chi connectivity index (χ3v) is 3.98. The number of benzene rings is 1. The van der Waals surface area contributed by atoms with Crippen LogP contribution < -0.4 is 16.0 Å². The monoisotopic (exact) mass is 327 g/mol. The molecule has 1 atom stereocenters. The fourth-order valence-corrected chi connectivity index (χ4v) is 2.56. The van der Waals surface area contributed by atoms with Gasteiger partial charge >= 0.3 is 6.03 Å². The van der Waals surface area contributed by atoms with Crippen molar-refractivity contribution in [3.8, 4) is 0 Å². The summed E-state index contributed by atoms with van der Waals surface area (Å²) in [6, 6.07) is 4.70. The Labute approximate surface area is 130 Å². The molecule has 22 heavy (non-hydrogen) atoms. The van der Waals surface area contributed by atoms with Crippen LogP contribution >= 0.6 is 0 Å². The second-order valence-electron chi connectivity index (χ2n) is 4.88. The zero-order valence-electron chi connectivity index (χ0n) is 12.8. The number of carbonyl (C=O) groups excluding carboxylic acids is 2. The second-order valence-corrected chi connectivity index (χ2v) is 6.86. The SMILES string of the molecule is CCCNC(=O)[C@H](C)NC(=O)Nc1ccccc1S(C)(=O)=O. The highest BCUT2D eigenvalue weighted by Crippen LogP contribution is 2.20. The van der Waals surface area contributed by atoms with Crippen LogP contribution in [-0.4, -0.2) is 39.2 Å². The molecule has 7 nitrogen and oxygen atoms in total. The molecule has 0 spiro atoms. The third-order valence-electron chi connectivity index (χ3n) is 2.82. The van der Waals surface area contributed by atoms with Crippen LogP contribution in [0.25, 0.3) is 0 Å². The Hall–Kier alpha value is -2.09. The zero-order chi connectivity index (χ0) is 16.8. The van der Waals surface area contributed by atoms with Crippen molar-refractivity contribution < 1.29 is 18.0 Å².